The summed E-state index contributed by atoms with van der Waals surface area (Å²) >= 11 is 0. The van der Waals surface area contributed by atoms with Crippen molar-refractivity contribution in [1.29, 1.82) is 0 Å². The lowest BCUT2D eigenvalue weighted by Crippen LogP contribution is -2.35. The molecule has 0 saturated carbocycles. The van der Waals surface area contributed by atoms with Gasteiger partial charge in [-0.3, -0.25) is 0 Å². The Morgan fingerprint density at radius 2 is 1.20 bits per heavy atom. The highest BCUT2D eigenvalue weighted by molar-refractivity contribution is 5.42. The molecule has 0 aliphatic heterocycles. The first-order chi connectivity index (χ1) is 12.0. The van der Waals surface area contributed by atoms with Gasteiger partial charge in [0.15, 0.2) is 0 Å². The van der Waals surface area contributed by atoms with Crippen molar-refractivity contribution in [1.82, 2.24) is 0 Å². The Bertz CT molecular complexity index is 767. The minimum Gasteiger partial charge on any atom is -0.395 e. The maximum atomic E-state index is 13.4. The maximum absolute atomic E-state index is 13.4. The molecule has 25 heavy (non-hydrogen) atoms. The van der Waals surface area contributed by atoms with E-state index in [0.717, 1.165) is 16.7 Å². The van der Waals surface area contributed by atoms with Gasteiger partial charge in [0.05, 0.1) is 6.61 Å². The molecule has 0 heterocycles. The normalized spacial score (nSPS) is 13.6. The average Bonchev–Trinajstić information content (AvgIpc) is 2.65. The molecule has 1 nitrogen and oxygen atoms in total. The van der Waals surface area contributed by atoms with Gasteiger partial charge in [-0.15, -0.1) is 0 Å². The molecule has 0 fully saturated rings. The fourth-order valence-electron chi connectivity index (χ4n) is 3.41. The quantitative estimate of drug-likeness (QED) is 0.690. The Labute approximate surface area is 146 Å². The molecule has 1 N–H and O–H groups in total. The summed E-state index contributed by atoms with van der Waals surface area (Å²) in [5.41, 5.74) is 2.06. The lowest BCUT2D eigenvalue weighted by Gasteiger charge is -2.37. The van der Waals surface area contributed by atoms with E-state index >= 15 is 0 Å². The van der Waals surface area contributed by atoms with Crippen LogP contribution < -0.4 is 0 Å². The maximum Gasteiger partial charge on any atom is 0.123 e. The second kappa shape index (κ2) is 7.16. The van der Waals surface area contributed by atoms with Gasteiger partial charge >= 0.3 is 0 Å². The van der Waals surface area contributed by atoms with Crippen LogP contribution in [0.15, 0.2) is 78.9 Å². The first-order valence-electron chi connectivity index (χ1n) is 8.22. The summed E-state index contributed by atoms with van der Waals surface area (Å²) in [5.74, 6) is -0.875. The number of aliphatic hydroxyl groups is 1. The van der Waals surface area contributed by atoms with E-state index < -0.39 is 5.41 Å². The molecule has 0 spiro atoms. The van der Waals surface area contributed by atoms with Crippen LogP contribution in [0.1, 0.15) is 29.5 Å². The fraction of sp³-hybridized carbons (Fsp3) is 0.182. The van der Waals surface area contributed by atoms with E-state index in [1.807, 2.05) is 37.3 Å². The first-order valence-corrected chi connectivity index (χ1v) is 8.22. The summed E-state index contributed by atoms with van der Waals surface area (Å²) < 4.78 is 26.8. The zero-order valence-corrected chi connectivity index (χ0v) is 14.0. The van der Waals surface area contributed by atoms with E-state index in [4.69, 9.17) is 0 Å². The van der Waals surface area contributed by atoms with Crippen molar-refractivity contribution in [2.45, 2.75) is 18.3 Å². The Hall–Kier alpha value is -2.52. The summed E-state index contributed by atoms with van der Waals surface area (Å²) in [7, 11) is 0. The molecule has 0 aliphatic carbocycles. The molecule has 0 amide bonds. The Morgan fingerprint density at radius 3 is 1.60 bits per heavy atom. The third-order valence-electron chi connectivity index (χ3n) is 4.81. The van der Waals surface area contributed by atoms with Crippen LogP contribution in [0.5, 0.6) is 0 Å². The average molecular weight is 338 g/mol. The molecule has 0 unspecified atom stereocenters. The Kier molecular flexibility index (Phi) is 4.95. The van der Waals surface area contributed by atoms with Crippen molar-refractivity contribution in [3.63, 3.8) is 0 Å². The standard InChI is InChI=1S/C22H20F2O/c1-22(15-25,18-5-3-2-4-6-18)21(16-7-11-19(23)12-8-16)17-9-13-20(24)14-10-17/h2-14,21,25H,15H2,1H3/t22-/m1/s1. The SMILES string of the molecule is C[C@@](CO)(c1ccccc1)C(c1ccc(F)cc1)c1ccc(F)cc1. The number of halogens is 2. The Morgan fingerprint density at radius 1 is 0.760 bits per heavy atom. The van der Waals surface area contributed by atoms with Crippen LogP contribution in [-0.2, 0) is 5.41 Å². The second-order valence-electron chi connectivity index (χ2n) is 6.48. The molecule has 0 radical (unpaired) electrons. The van der Waals surface area contributed by atoms with Crippen LogP contribution in [0, 0.1) is 11.6 Å². The molecular weight excluding hydrogens is 318 g/mol. The van der Waals surface area contributed by atoms with Gasteiger partial charge in [-0.2, -0.15) is 0 Å². The first kappa shape index (κ1) is 17.3. The molecule has 1 atom stereocenters. The van der Waals surface area contributed by atoms with Crippen LogP contribution in [0.2, 0.25) is 0 Å². The van der Waals surface area contributed by atoms with Crippen molar-refractivity contribution in [3.05, 3.63) is 107 Å². The minimum atomic E-state index is -0.642. The fourth-order valence-corrected chi connectivity index (χ4v) is 3.41. The molecule has 0 bridgehead atoms. The third kappa shape index (κ3) is 3.47. The molecule has 3 aromatic rings. The largest absolute Gasteiger partial charge is 0.395 e. The third-order valence-corrected chi connectivity index (χ3v) is 4.81. The van der Waals surface area contributed by atoms with E-state index in [9.17, 15) is 13.9 Å². The molecule has 0 saturated heterocycles. The lowest BCUT2D eigenvalue weighted by molar-refractivity contribution is 0.190. The van der Waals surface area contributed by atoms with Gasteiger partial charge in [0.2, 0.25) is 0 Å². The molecule has 128 valence electrons. The van der Waals surface area contributed by atoms with Gasteiger partial charge in [0.1, 0.15) is 11.6 Å². The van der Waals surface area contributed by atoms with Crippen LogP contribution in [0.25, 0.3) is 0 Å². The van der Waals surface area contributed by atoms with Crippen LogP contribution in [0.4, 0.5) is 8.78 Å². The summed E-state index contributed by atoms with van der Waals surface area (Å²) in [4.78, 5) is 0. The van der Waals surface area contributed by atoms with Gasteiger partial charge < -0.3 is 5.11 Å². The molecular formula is C22H20F2O. The van der Waals surface area contributed by atoms with Gasteiger partial charge in [0.25, 0.3) is 0 Å². The Balaban J connectivity index is 2.18. The number of hydrogen-bond acceptors (Lipinski definition) is 1. The molecule has 3 rings (SSSR count). The predicted octanol–water partition coefficient (Wildman–Crippen LogP) is 5.05. The minimum absolute atomic E-state index is 0.101. The summed E-state index contributed by atoms with van der Waals surface area (Å²) in [6, 6.07) is 22.2. The highest BCUT2D eigenvalue weighted by Crippen LogP contribution is 2.43. The van der Waals surface area contributed by atoms with Crippen molar-refractivity contribution in [3.8, 4) is 0 Å². The predicted molar refractivity (Wildman–Crippen MR) is 95.5 cm³/mol. The van der Waals surface area contributed by atoms with Crippen molar-refractivity contribution in [2.75, 3.05) is 6.61 Å². The van der Waals surface area contributed by atoms with Crippen LogP contribution in [-0.4, -0.2) is 11.7 Å². The van der Waals surface area contributed by atoms with Crippen LogP contribution in [0.3, 0.4) is 0 Å². The summed E-state index contributed by atoms with van der Waals surface area (Å²) in [6.07, 6.45) is 0. The number of aliphatic hydroxyl groups excluding tert-OH is 1. The number of hydrogen-bond donors (Lipinski definition) is 1. The molecule has 3 aromatic carbocycles. The van der Waals surface area contributed by atoms with Crippen LogP contribution >= 0.6 is 0 Å². The van der Waals surface area contributed by atoms with Gasteiger partial charge in [-0.05, 0) is 41.0 Å². The van der Waals surface area contributed by atoms with E-state index in [1.165, 1.54) is 24.3 Å². The zero-order chi connectivity index (χ0) is 17.9. The summed E-state index contributed by atoms with van der Waals surface area (Å²) in [5, 5.41) is 10.3. The van der Waals surface area contributed by atoms with Gasteiger partial charge in [-0.1, -0.05) is 61.5 Å². The highest BCUT2D eigenvalue weighted by atomic mass is 19.1. The molecule has 3 heteroatoms. The molecule has 0 aromatic heterocycles. The highest BCUT2D eigenvalue weighted by Gasteiger charge is 2.37. The number of rotatable bonds is 5. The van der Waals surface area contributed by atoms with Crippen molar-refractivity contribution >= 4 is 0 Å². The van der Waals surface area contributed by atoms with E-state index in [0.29, 0.717) is 0 Å². The van der Waals surface area contributed by atoms with E-state index in [1.54, 1.807) is 24.3 Å². The topological polar surface area (TPSA) is 20.2 Å². The smallest absolute Gasteiger partial charge is 0.123 e. The van der Waals surface area contributed by atoms with E-state index in [2.05, 4.69) is 0 Å². The summed E-state index contributed by atoms with van der Waals surface area (Å²) in [6.45, 7) is 1.87. The monoisotopic (exact) mass is 338 g/mol. The van der Waals surface area contributed by atoms with Gasteiger partial charge in [-0.25, -0.2) is 8.78 Å². The second-order valence-corrected chi connectivity index (χ2v) is 6.48. The number of benzene rings is 3. The zero-order valence-electron chi connectivity index (χ0n) is 14.0. The van der Waals surface area contributed by atoms with E-state index in [-0.39, 0.29) is 24.2 Å². The van der Waals surface area contributed by atoms with Crippen molar-refractivity contribution in [2.24, 2.45) is 0 Å². The lowest BCUT2D eigenvalue weighted by atomic mass is 9.66. The van der Waals surface area contributed by atoms with Gasteiger partial charge in [0, 0.05) is 11.3 Å². The molecule has 0 aliphatic rings. The van der Waals surface area contributed by atoms with Crippen molar-refractivity contribution < 1.29 is 13.9 Å².